The summed E-state index contributed by atoms with van der Waals surface area (Å²) in [6, 6.07) is 3.71. The number of aliphatic carboxylic acids is 1. The largest absolute Gasteiger partial charge is 0.480 e. The van der Waals surface area contributed by atoms with Crippen molar-refractivity contribution in [2.45, 2.75) is 25.7 Å². The topological polar surface area (TPSA) is 40.5 Å². The lowest BCUT2D eigenvalue weighted by Crippen LogP contribution is -2.37. The average Bonchev–Trinajstić information content (AvgIpc) is 2.39. The SMILES string of the molecule is O=C(O)CN1CCC(CCc2ccc(F)cc2F)CC1. The highest BCUT2D eigenvalue weighted by Gasteiger charge is 2.20. The second-order valence-electron chi connectivity index (χ2n) is 5.39. The quantitative estimate of drug-likeness (QED) is 0.903. The first kappa shape index (κ1) is 14.9. The van der Waals surface area contributed by atoms with Gasteiger partial charge in [0, 0.05) is 6.07 Å². The summed E-state index contributed by atoms with van der Waals surface area (Å²) >= 11 is 0. The molecule has 1 aliphatic rings. The zero-order valence-electron chi connectivity index (χ0n) is 11.3. The Morgan fingerprint density at radius 3 is 2.60 bits per heavy atom. The van der Waals surface area contributed by atoms with Crippen LogP contribution in [0.4, 0.5) is 8.78 Å². The van der Waals surface area contributed by atoms with Gasteiger partial charge in [-0.25, -0.2) is 8.78 Å². The number of piperidine rings is 1. The number of halogens is 2. The molecule has 0 unspecified atom stereocenters. The molecule has 1 fully saturated rings. The number of benzene rings is 1. The van der Waals surface area contributed by atoms with Crippen molar-refractivity contribution < 1.29 is 18.7 Å². The zero-order valence-corrected chi connectivity index (χ0v) is 11.3. The number of nitrogens with zero attached hydrogens (tertiary/aromatic N) is 1. The Morgan fingerprint density at radius 2 is 2.00 bits per heavy atom. The maximum atomic E-state index is 13.5. The number of likely N-dealkylation sites (tertiary alicyclic amines) is 1. The van der Waals surface area contributed by atoms with Gasteiger partial charge in [-0.15, -0.1) is 0 Å². The van der Waals surface area contributed by atoms with Crippen molar-refractivity contribution in [2.24, 2.45) is 5.92 Å². The van der Waals surface area contributed by atoms with Crippen LogP contribution in [0.2, 0.25) is 0 Å². The summed E-state index contributed by atoms with van der Waals surface area (Å²) in [6.45, 7) is 1.66. The van der Waals surface area contributed by atoms with Crippen molar-refractivity contribution in [3.8, 4) is 0 Å². The standard InChI is InChI=1S/C15H19F2NO2/c16-13-4-3-12(14(17)9-13)2-1-11-5-7-18(8-6-11)10-15(19)20/h3-4,9,11H,1-2,5-8,10H2,(H,19,20). The van der Waals surface area contributed by atoms with Gasteiger partial charge in [0.15, 0.2) is 0 Å². The molecule has 1 saturated heterocycles. The van der Waals surface area contributed by atoms with Crippen LogP contribution in [-0.2, 0) is 11.2 Å². The van der Waals surface area contributed by atoms with Crippen molar-refractivity contribution in [3.63, 3.8) is 0 Å². The van der Waals surface area contributed by atoms with Crippen LogP contribution < -0.4 is 0 Å². The first-order chi connectivity index (χ1) is 9.54. The highest BCUT2D eigenvalue weighted by Crippen LogP contribution is 2.23. The summed E-state index contributed by atoms with van der Waals surface area (Å²) in [4.78, 5) is 12.5. The third kappa shape index (κ3) is 4.27. The minimum atomic E-state index is -0.795. The fourth-order valence-corrected chi connectivity index (χ4v) is 2.71. The lowest BCUT2D eigenvalue weighted by Gasteiger charge is -2.30. The molecule has 0 spiro atoms. The lowest BCUT2D eigenvalue weighted by molar-refractivity contribution is -0.138. The second-order valence-corrected chi connectivity index (χ2v) is 5.39. The minimum Gasteiger partial charge on any atom is -0.480 e. The molecule has 1 aromatic carbocycles. The van der Waals surface area contributed by atoms with Gasteiger partial charge in [-0.1, -0.05) is 6.07 Å². The molecule has 0 radical (unpaired) electrons. The molecule has 0 aromatic heterocycles. The molecule has 5 heteroatoms. The number of carbonyl (C=O) groups is 1. The van der Waals surface area contributed by atoms with E-state index in [0.717, 1.165) is 38.4 Å². The zero-order chi connectivity index (χ0) is 14.5. The van der Waals surface area contributed by atoms with Crippen molar-refractivity contribution in [2.75, 3.05) is 19.6 Å². The summed E-state index contributed by atoms with van der Waals surface area (Å²) in [5.74, 6) is -1.33. The number of hydrogen-bond acceptors (Lipinski definition) is 2. The molecule has 20 heavy (non-hydrogen) atoms. The molecule has 110 valence electrons. The third-order valence-corrected chi connectivity index (χ3v) is 3.90. The molecule has 1 N–H and O–H groups in total. The maximum Gasteiger partial charge on any atom is 0.317 e. The highest BCUT2D eigenvalue weighted by molar-refractivity contribution is 5.69. The van der Waals surface area contributed by atoms with Gasteiger partial charge in [-0.05, 0) is 56.3 Å². The summed E-state index contributed by atoms with van der Waals surface area (Å²) in [5, 5.41) is 8.72. The van der Waals surface area contributed by atoms with Crippen LogP contribution in [0.3, 0.4) is 0 Å². The smallest absolute Gasteiger partial charge is 0.317 e. The molecule has 0 atom stereocenters. The summed E-state index contributed by atoms with van der Waals surface area (Å²) < 4.78 is 26.3. The van der Waals surface area contributed by atoms with Crippen LogP contribution in [-0.4, -0.2) is 35.6 Å². The van der Waals surface area contributed by atoms with Crippen LogP contribution >= 0.6 is 0 Å². The first-order valence-electron chi connectivity index (χ1n) is 6.92. The van der Waals surface area contributed by atoms with Gasteiger partial charge in [0.05, 0.1) is 6.54 Å². The van der Waals surface area contributed by atoms with E-state index >= 15 is 0 Å². The van der Waals surface area contributed by atoms with E-state index in [0.29, 0.717) is 17.9 Å². The number of hydrogen-bond donors (Lipinski definition) is 1. The van der Waals surface area contributed by atoms with Crippen molar-refractivity contribution >= 4 is 5.97 Å². The van der Waals surface area contributed by atoms with Gasteiger partial charge in [0.1, 0.15) is 11.6 Å². The van der Waals surface area contributed by atoms with Gasteiger partial charge in [-0.2, -0.15) is 0 Å². The maximum absolute atomic E-state index is 13.5. The van der Waals surface area contributed by atoms with Crippen LogP contribution in [0.1, 0.15) is 24.8 Å². The molecular formula is C15H19F2NO2. The molecule has 0 amide bonds. The van der Waals surface area contributed by atoms with Crippen LogP contribution in [0, 0.1) is 17.6 Å². The Hall–Kier alpha value is -1.49. The van der Waals surface area contributed by atoms with E-state index in [2.05, 4.69) is 0 Å². The predicted octanol–water partition coefficient (Wildman–Crippen LogP) is 2.69. The normalized spacial score (nSPS) is 17.3. The fourth-order valence-electron chi connectivity index (χ4n) is 2.71. The second kappa shape index (κ2) is 6.79. The average molecular weight is 283 g/mol. The van der Waals surface area contributed by atoms with E-state index < -0.39 is 17.6 Å². The van der Waals surface area contributed by atoms with Crippen LogP contribution in [0.15, 0.2) is 18.2 Å². The monoisotopic (exact) mass is 283 g/mol. The molecule has 1 aromatic rings. The highest BCUT2D eigenvalue weighted by atomic mass is 19.1. The Labute approximate surface area is 117 Å². The molecule has 0 aliphatic carbocycles. The predicted molar refractivity (Wildman–Crippen MR) is 71.5 cm³/mol. The summed E-state index contributed by atoms with van der Waals surface area (Å²) in [5.41, 5.74) is 0.555. The van der Waals surface area contributed by atoms with Crippen LogP contribution in [0.5, 0.6) is 0 Å². The van der Waals surface area contributed by atoms with Crippen LogP contribution in [0.25, 0.3) is 0 Å². The Kier molecular flexibility index (Phi) is 5.06. The van der Waals surface area contributed by atoms with E-state index in [4.69, 9.17) is 5.11 Å². The van der Waals surface area contributed by atoms with Crippen molar-refractivity contribution in [1.29, 1.82) is 0 Å². The van der Waals surface area contributed by atoms with Gasteiger partial charge < -0.3 is 5.11 Å². The molecular weight excluding hydrogens is 264 g/mol. The number of carboxylic acids is 1. The lowest BCUT2D eigenvalue weighted by atomic mass is 9.90. The molecule has 0 bridgehead atoms. The van der Waals surface area contributed by atoms with E-state index in [1.807, 2.05) is 4.90 Å². The van der Waals surface area contributed by atoms with E-state index in [1.54, 1.807) is 0 Å². The Balaban J connectivity index is 1.77. The molecule has 1 aliphatic heterocycles. The number of carboxylic acid groups (broad SMARTS) is 1. The third-order valence-electron chi connectivity index (χ3n) is 3.90. The Bertz CT molecular complexity index is 471. The molecule has 1 heterocycles. The van der Waals surface area contributed by atoms with E-state index in [1.165, 1.54) is 12.1 Å². The molecule has 3 nitrogen and oxygen atoms in total. The number of rotatable bonds is 5. The molecule has 2 rings (SSSR count). The van der Waals surface area contributed by atoms with E-state index in [9.17, 15) is 13.6 Å². The summed E-state index contributed by atoms with van der Waals surface area (Å²) in [7, 11) is 0. The van der Waals surface area contributed by atoms with Gasteiger partial charge in [0.25, 0.3) is 0 Å². The minimum absolute atomic E-state index is 0.0965. The number of aryl methyl sites for hydroxylation is 1. The first-order valence-corrected chi connectivity index (χ1v) is 6.92. The fraction of sp³-hybridized carbons (Fsp3) is 0.533. The van der Waals surface area contributed by atoms with Crippen molar-refractivity contribution in [3.05, 3.63) is 35.4 Å². The summed E-state index contributed by atoms with van der Waals surface area (Å²) in [6.07, 6.45) is 3.35. The van der Waals surface area contributed by atoms with Gasteiger partial charge in [-0.3, -0.25) is 9.69 Å². The van der Waals surface area contributed by atoms with Gasteiger partial charge >= 0.3 is 5.97 Å². The van der Waals surface area contributed by atoms with E-state index in [-0.39, 0.29) is 6.54 Å². The van der Waals surface area contributed by atoms with Crippen molar-refractivity contribution in [1.82, 2.24) is 4.90 Å². The molecule has 0 saturated carbocycles. The van der Waals surface area contributed by atoms with Gasteiger partial charge in [0.2, 0.25) is 0 Å². The Morgan fingerprint density at radius 1 is 1.30 bits per heavy atom.